The first-order valence-corrected chi connectivity index (χ1v) is 14.3. The molecule has 1 aliphatic rings. The second-order valence-electron chi connectivity index (χ2n) is 7.84. The lowest BCUT2D eigenvalue weighted by Gasteiger charge is -2.29. The molecule has 1 aliphatic heterocycles. The molecule has 0 aliphatic carbocycles. The lowest BCUT2D eigenvalue weighted by molar-refractivity contribution is 0.759. The highest BCUT2D eigenvalue weighted by molar-refractivity contribution is 8.08. The molecule has 0 N–H and O–H groups in total. The highest BCUT2D eigenvalue weighted by Crippen LogP contribution is 2.66. The van der Waals surface area contributed by atoms with Gasteiger partial charge in [0.25, 0.3) is 0 Å². The van der Waals surface area contributed by atoms with Crippen LogP contribution in [-0.2, 0) is 0 Å². The summed E-state index contributed by atoms with van der Waals surface area (Å²) in [5, 5.41) is 3.97. The molecule has 3 aromatic carbocycles. The minimum atomic E-state index is -1.91. The zero-order valence-corrected chi connectivity index (χ0v) is 18.1. The van der Waals surface area contributed by atoms with Crippen LogP contribution in [0, 0.1) is 0 Å². The van der Waals surface area contributed by atoms with Gasteiger partial charge in [0, 0.05) is 19.7 Å². The van der Waals surface area contributed by atoms with Crippen LogP contribution < -0.4 is 15.9 Å². The summed E-state index contributed by atoms with van der Waals surface area (Å²) in [4.78, 5) is 0. The molecule has 136 valence electrons. The molecule has 28 heavy (non-hydrogen) atoms. The Labute approximate surface area is 173 Å². The lowest BCUT2D eigenvalue weighted by Crippen LogP contribution is -2.28. The van der Waals surface area contributed by atoms with Crippen molar-refractivity contribution in [2.45, 2.75) is 24.9 Å². The highest BCUT2D eigenvalue weighted by Gasteiger charge is 2.49. The van der Waals surface area contributed by atoms with Gasteiger partial charge in [0.15, 0.2) is 0 Å². The Hall–Kier alpha value is -1.35. The Morgan fingerprint density at radius 2 is 1.29 bits per heavy atom. The van der Waals surface area contributed by atoms with Crippen LogP contribution in [0.2, 0.25) is 0 Å². The third kappa shape index (κ3) is 3.87. The summed E-state index contributed by atoms with van der Waals surface area (Å²) in [5.74, 6) is 0. The van der Waals surface area contributed by atoms with Crippen LogP contribution in [0.4, 0.5) is 0 Å². The molecule has 1 fully saturated rings. The molecule has 4 radical (unpaired) electrons. The summed E-state index contributed by atoms with van der Waals surface area (Å²) >= 11 is 0. The second-order valence-corrected chi connectivity index (χ2v) is 14.6. The van der Waals surface area contributed by atoms with Crippen LogP contribution >= 0.6 is 14.3 Å². The Bertz CT molecular complexity index is 847. The van der Waals surface area contributed by atoms with E-state index in [0.29, 0.717) is 5.66 Å². The minimum Gasteiger partial charge on any atom is -0.0620 e. The molecule has 0 spiro atoms. The summed E-state index contributed by atoms with van der Waals surface area (Å²) in [6.07, 6.45) is 5.80. The molecular weight excluding hydrogens is 372 g/mol. The Balaban J connectivity index is 1.62. The van der Waals surface area contributed by atoms with Gasteiger partial charge in [-0.15, -0.1) is 0 Å². The van der Waals surface area contributed by atoms with Crippen molar-refractivity contribution < 1.29 is 0 Å². The van der Waals surface area contributed by atoms with Crippen LogP contribution in [0.1, 0.15) is 19.3 Å². The number of hydrogen-bond donors (Lipinski definition) is 0. The van der Waals surface area contributed by atoms with E-state index in [-0.39, 0.29) is 0 Å². The Morgan fingerprint density at radius 1 is 0.786 bits per heavy atom. The summed E-state index contributed by atoms with van der Waals surface area (Å²) in [7, 11) is 10.8. The average Bonchev–Trinajstić information content (AvgIpc) is 3.15. The van der Waals surface area contributed by atoms with Crippen LogP contribution in [0.5, 0.6) is 0 Å². The third-order valence-electron chi connectivity index (χ3n) is 6.20. The van der Waals surface area contributed by atoms with Gasteiger partial charge in [0.1, 0.15) is 0 Å². The van der Waals surface area contributed by atoms with E-state index in [4.69, 9.17) is 15.1 Å². The fourth-order valence-corrected chi connectivity index (χ4v) is 11.4. The molecule has 1 heterocycles. The predicted molar refractivity (Wildman–Crippen MR) is 131 cm³/mol. The number of hydrogen-bond acceptors (Lipinski definition) is 0. The van der Waals surface area contributed by atoms with Crippen molar-refractivity contribution in [1.82, 2.24) is 0 Å². The summed E-state index contributed by atoms with van der Waals surface area (Å²) in [5.41, 5.74) is 0.588. The summed E-state index contributed by atoms with van der Waals surface area (Å²) < 4.78 is 0. The van der Waals surface area contributed by atoms with Crippen molar-refractivity contribution in [3.05, 3.63) is 91.0 Å². The van der Waals surface area contributed by atoms with E-state index in [1.165, 1.54) is 34.9 Å². The van der Waals surface area contributed by atoms with Crippen molar-refractivity contribution in [2.75, 3.05) is 12.3 Å². The van der Waals surface area contributed by atoms with Crippen LogP contribution in [0.15, 0.2) is 91.0 Å². The molecule has 3 aromatic rings. The van der Waals surface area contributed by atoms with Crippen molar-refractivity contribution in [3.8, 4) is 0 Å². The van der Waals surface area contributed by atoms with Crippen LogP contribution in [-0.4, -0.2) is 33.1 Å². The fourth-order valence-electron chi connectivity index (χ4n) is 4.57. The molecular formula is C24H26B2P2+2. The van der Waals surface area contributed by atoms with E-state index in [9.17, 15) is 0 Å². The molecule has 0 nitrogen and oxygen atoms in total. The monoisotopic (exact) mass is 398 g/mol. The molecule has 1 unspecified atom stereocenters. The van der Waals surface area contributed by atoms with Crippen LogP contribution in [0.25, 0.3) is 0 Å². The molecule has 0 aromatic heterocycles. The molecule has 4 rings (SSSR count). The first kappa shape index (κ1) is 19.9. The molecule has 2 atom stereocenters. The number of rotatable bonds is 6. The van der Waals surface area contributed by atoms with Gasteiger partial charge in [-0.05, 0) is 56.4 Å². The molecule has 0 saturated carbocycles. The van der Waals surface area contributed by atoms with Gasteiger partial charge in [0.2, 0.25) is 0 Å². The third-order valence-corrected chi connectivity index (χ3v) is 13.7. The SMILES string of the molecule is [B][P+](CC[C@H]1CCC[P+]1([B])c1ccccc1)(c1ccccc1)c1ccccc1. The molecule has 4 heteroatoms. The van der Waals surface area contributed by atoms with Crippen molar-refractivity contribution in [1.29, 1.82) is 0 Å². The predicted octanol–water partition coefficient (Wildman–Crippen LogP) is 4.72. The van der Waals surface area contributed by atoms with E-state index in [2.05, 4.69) is 91.0 Å². The van der Waals surface area contributed by atoms with E-state index in [1.807, 2.05) is 0 Å². The first-order chi connectivity index (χ1) is 13.6. The van der Waals surface area contributed by atoms with E-state index < -0.39 is 14.3 Å². The first-order valence-electron chi connectivity index (χ1n) is 10.1. The summed E-state index contributed by atoms with van der Waals surface area (Å²) in [6, 6.07) is 32.2. The molecule has 0 amide bonds. The van der Waals surface area contributed by atoms with E-state index in [1.54, 1.807) is 0 Å². The average molecular weight is 398 g/mol. The largest absolute Gasteiger partial charge is 0.377 e. The Kier molecular flexibility index (Phi) is 6.10. The van der Waals surface area contributed by atoms with Gasteiger partial charge in [-0.25, -0.2) is 0 Å². The van der Waals surface area contributed by atoms with Gasteiger partial charge in [-0.2, -0.15) is 0 Å². The second kappa shape index (κ2) is 8.57. The lowest BCUT2D eigenvalue weighted by atomic mass is 10.2. The van der Waals surface area contributed by atoms with Gasteiger partial charge in [-0.3, -0.25) is 0 Å². The van der Waals surface area contributed by atoms with Gasteiger partial charge in [0.05, 0.1) is 27.7 Å². The molecule has 0 bridgehead atoms. The maximum Gasteiger partial charge on any atom is 0.377 e. The quantitative estimate of drug-likeness (QED) is 0.417. The standard InChI is InChI=1S/C24H26B2P2/c25-27(21-11-4-1-5-12-21)19-10-17-24(27)18-20-28(26,22-13-6-2-7-14-22)23-15-8-3-9-16-23/h1-9,11-16,24H,10,17-20H2/q+2/t24-,27?/m1/s1. The maximum absolute atomic E-state index is 7.23. The highest BCUT2D eigenvalue weighted by atomic mass is 31.2. The van der Waals surface area contributed by atoms with Crippen molar-refractivity contribution in [3.63, 3.8) is 0 Å². The van der Waals surface area contributed by atoms with Crippen molar-refractivity contribution >= 4 is 45.3 Å². The topological polar surface area (TPSA) is 0 Å². The Morgan fingerprint density at radius 3 is 1.82 bits per heavy atom. The minimum absolute atomic E-state index is 0.588. The van der Waals surface area contributed by atoms with Crippen molar-refractivity contribution in [2.24, 2.45) is 0 Å². The maximum atomic E-state index is 7.23. The molecule has 1 saturated heterocycles. The zero-order valence-electron chi connectivity index (χ0n) is 16.3. The zero-order chi connectivity index (χ0) is 19.5. The fraction of sp³-hybridized carbons (Fsp3) is 0.250. The number of benzene rings is 3. The van der Waals surface area contributed by atoms with E-state index >= 15 is 0 Å². The normalized spacial score (nSPS) is 22.2. The van der Waals surface area contributed by atoms with Gasteiger partial charge in [-0.1, -0.05) is 54.6 Å². The van der Waals surface area contributed by atoms with Gasteiger partial charge >= 0.3 is 15.1 Å². The van der Waals surface area contributed by atoms with Crippen LogP contribution in [0.3, 0.4) is 0 Å². The van der Waals surface area contributed by atoms with E-state index in [0.717, 1.165) is 12.6 Å². The smallest absolute Gasteiger partial charge is 0.0620 e. The van der Waals surface area contributed by atoms with Gasteiger partial charge < -0.3 is 0 Å². The summed E-state index contributed by atoms with van der Waals surface area (Å²) in [6.45, 7) is 0.